The van der Waals surface area contributed by atoms with Gasteiger partial charge in [0.2, 0.25) is 0 Å². The molecule has 0 radical (unpaired) electrons. The Labute approximate surface area is 191 Å². The predicted molar refractivity (Wildman–Crippen MR) is 139 cm³/mol. The average Bonchev–Trinajstić information content (AvgIpc) is 2.71. The Morgan fingerprint density at radius 2 is 1.90 bits per heavy atom. The van der Waals surface area contributed by atoms with E-state index in [-0.39, 0.29) is 5.41 Å². The lowest BCUT2D eigenvalue weighted by molar-refractivity contribution is 0.291. The van der Waals surface area contributed by atoms with Crippen LogP contribution in [0.15, 0.2) is 58.9 Å². The summed E-state index contributed by atoms with van der Waals surface area (Å²) in [5, 5.41) is 0. The van der Waals surface area contributed by atoms with Crippen molar-refractivity contribution in [2.45, 2.75) is 80.2 Å². The molecule has 3 nitrogen and oxygen atoms in total. The fraction of sp³-hybridized carbons (Fsp3) is 0.536. The maximum absolute atomic E-state index is 6.34. The van der Waals surface area contributed by atoms with Crippen molar-refractivity contribution in [1.82, 2.24) is 4.90 Å². The highest BCUT2D eigenvalue weighted by Gasteiger charge is 2.29. The van der Waals surface area contributed by atoms with Gasteiger partial charge in [0.25, 0.3) is 0 Å². The van der Waals surface area contributed by atoms with Crippen molar-refractivity contribution in [3.63, 3.8) is 0 Å². The molecule has 0 heterocycles. The van der Waals surface area contributed by atoms with Gasteiger partial charge in [-0.1, -0.05) is 63.6 Å². The van der Waals surface area contributed by atoms with Crippen molar-refractivity contribution in [3.8, 4) is 0 Å². The molecule has 1 atom stereocenters. The van der Waals surface area contributed by atoms with Gasteiger partial charge in [-0.3, -0.25) is 4.99 Å². The second-order valence-corrected chi connectivity index (χ2v) is 9.53. The highest BCUT2D eigenvalue weighted by atomic mass is 15.2. The van der Waals surface area contributed by atoms with E-state index in [2.05, 4.69) is 103 Å². The topological polar surface area (TPSA) is 41.6 Å². The van der Waals surface area contributed by atoms with Crippen molar-refractivity contribution in [2.24, 2.45) is 16.1 Å². The highest BCUT2D eigenvalue weighted by molar-refractivity contribution is 5.41. The smallest absolute Gasteiger partial charge is 0.0554 e. The van der Waals surface area contributed by atoms with Crippen LogP contribution < -0.4 is 5.73 Å². The van der Waals surface area contributed by atoms with Gasteiger partial charge in [-0.2, -0.15) is 0 Å². The molecule has 0 aliphatic rings. The number of rotatable bonds is 12. The quantitative estimate of drug-likeness (QED) is 0.228. The maximum atomic E-state index is 6.34. The number of nitrogens with zero attached hydrogens (tertiary/aromatic N) is 2. The zero-order valence-electron chi connectivity index (χ0n) is 21.3. The molecule has 3 heteroatoms. The van der Waals surface area contributed by atoms with Gasteiger partial charge in [0.05, 0.1) is 5.70 Å². The normalized spacial score (nSPS) is 14.7. The minimum atomic E-state index is -0.294. The molecule has 1 aromatic carbocycles. The largest absolute Gasteiger partial charge is 0.368 e. The zero-order chi connectivity index (χ0) is 23.8. The van der Waals surface area contributed by atoms with E-state index in [1.807, 2.05) is 6.20 Å². The first-order valence-electron chi connectivity index (χ1n) is 11.6. The first-order valence-corrected chi connectivity index (χ1v) is 11.6. The van der Waals surface area contributed by atoms with E-state index in [0.29, 0.717) is 18.5 Å². The molecule has 0 bridgehead atoms. The number of aliphatic imine (C=N–C) groups is 1. The van der Waals surface area contributed by atoms with Crippen molar-refractivity contribution in [2.75, 3.05) is 13.1 Å². The second kappa shape index (κ2) is 12.0. The summed E-state index contributed by atoms with van der Waals surface area (Å²) >= 11 is 0. The summed E-state index contributed by atoms with van der Waals surface area (Å²) in [6, 6.07) is 7.20. The van der Waals surface area contributed by atoms with Crippen LogP contribution >= 0.6 is 0 Å². The molecule has 0 saturated carbocycles. The van der Waals surface area contributed by atoms with Gasteiger partial charge in [-0.05, 0) is 75.9 Å². The second-order valence-electron chi connectivity index (χ2n) is 9.53. The number of hydrogen-bond donors (Lipinski definition) is 1. The van der Waals surface area contributed by atoms with Crippen LogP contribution in [0.1, 0.15) is 77.5 Å². The lowest BCUT2D eigenvalue weighted by atomic mass is 9.73. The Bertz CT molecular complexity index is 814. The van der Waals surface area contributed by atoms with Crippen molar-refractivity contribution < 1.29 is 0 Å². The van der Waals surface area contributed by atoms with Crippen LogP contribution in [0.25, 0.3) is 0 Å². The molecule has 0 spiro atoms. The number of hydrogen-bond acceptors (Lipinski definition) is 3. The van der Waals surface area contributed by atoms with Crippen LogP contribution in [0.2, 0.25) is 0 Å². The standard InChI is InChI=1S/C28H45N3/c1-11-14-31(22(6)7)26(18-30-10)17-25(28(9,19-29)21(4)5)15-24-13-12-23(8)27(16-24)20(2)3/h12-13,16-18,20,22H,4,10-11,14-15,19,29H2,1-3,5-9H3/b25-17+,26-18+. The van der Waals surface area contributed by atoms with Gasteiger partial charge in [0.15, 0.2) is 0 Å². The highest BCUT2D eigenvalue weighted by Crippen LogP contribution is 2.37. The first-order chi connectivity index (χ1) is 14.5. The van der Waals surface area contributed by atoms with E-state index < -0.39 is 0 Å². The third-order valence-electron chi connectivity index (χ3n) is 6.38. The van der Waals surface area contributed by atoms with Crippen LogP contribution in [-0.2, 0) is 6.42 Å². The minimum Gasteiger partial charge on any atom is -0.368 e. The van der Waals surface area contributed by atoms with Crippen LogP contribution in [-0.4, -0.2) is 30.7 Å². The molecule has 1 rings (SSSR count). The van der Waals surface area contributed by atoms with Crippen molar-refractivity contribution >= 4 is 6.72 Å². The predicted octanol–water partition coefficient (Wildman–Crippen LogP) is 6.79. The third kappa shape index (κ3) is 6.93. The molecule has 0 saturated heterocycles. The number of benzene rings is 1. The molecule has 172 valence electrons. The Balaban J connectivity index is 3.64. The maximum Gasteiger partial charge on any atom is 0.0554 e. The summed E-state index contributed by atoms with van der Waals surface area (Å²) in [4.78, 5) is 6.52. The van der Waals surface area contributed by atoms with Gasteiger partial charge in [-0.25, -0.2) is 0 Å². The van der Waals surface area contributed by atoms with E-state index in [9.17, 15) is 0 Å². The van der Waals surface area contributed by atoms with E-state index in [0.717, 1.165) is 30.7 Å². The molecule has 31 heavy (non-hydrogen) atoms. The molecule has 0 aliphatic heterocycles. The fourth-order valence-corrected chi connectivity index (χ4v) is 4.02. The summed E-state index contributed by atoms with van der Waals surface area (Å²) in [6.45, 7) is 27.1. The summed E-state index contributed by atoms with van der Waals surface area (Å²) in [5.41, 5.74) is 13.5. The Morgan fingerprint density at radius 1 is 1.26 bits per heavy atom. The van der Waals surface area contributed by atoms with Crippen molar-refractivity contribution in [3.05, 3.63) is 70.6 Å². The molecular formula is C28H45N3. The molecule has 0 fully saturated rings. The summed E-state index contributed by atoms with van der Waals surface area (Å²) in [6.07, 6.45) is 6.05. The van der Waals surface area contributed by atoms with Crippen LogP contribution in [0.5, 0.6) is 0 Å². The third-order valence-corrected chi connectivity index (χ3v) is 6.38. The summed E-state index contributed by atoms with van der Waals surface area (Å²) in [7, 11) is 0. The molecule has 0 aliphatic carbocycles. The molecule has 1 unspecified atom stereocenters. The summed E-state index contributed by atoms with van der Waals surface area (Å²) in [5.74, 6) is 0.496. The Kier molecular flexibility index (Phi) is 10.5. The van der Waals surface area contributed by atoms with E-state index in [1.54, 1.807) is 0 Å². The van der Waals surface area contributed by atoms with Gasteiger partial charge in [0, 0.05) is 30.7 Å². The molecule has 2 N–H and O–H groups in total. The van der Waals surface area contributed by atoms with E-state index >= 15 is 0 Å². The summed E-state index contributed by atoms with van der Waals surface area (Å²) < 4.78 is 0. The number of allylic oxidation sites excluding steroid dienone is 1. The monoisotopic (exact) mass is 423 g/mol. The van der Waals surface area contributed by atoms with Gasteiger partial charge in [-0.15, -0.1) is 0 Å². The van der Waals surface area contributed by atoms with Crippen LogP contribution in [0, 0.1) is 12.3 Å². The number of aryl methyl sites for hydroxylation is 1. The SMILES string of the molecule is C=N/C=C(\C=C(/Cc1ccc(C)c(C(C)C)c1)C(C)(CN)C(=C)C)N(CCC)C(C)C. The van der Waals surface area contributed by atoms with Crippen molar-refractivity contribution in [1.29, 1.82) is 0 Å². The molecule has 0 aromatic heterocycles. The molecule has 1 aromatic rings. The van der Waals surface area contributed by atoms with Crippen LogP contribution in [0.4, 0.5) is 0 Å². The first kappa shape index (κ1) is 26.9. The Hall–Kier alpha value is -2.13. The lowest BCUT2D eigenvalue weighted by Gasteiger charge is -2.35. The van der Waals surface area contributed by atoms with Gasteiger partial charge in [0.1, 0.15) is 0 Å². The fourth-order valence-electron chi connectivity index (χ4n) is 4.02. The van der Waals surface area contributed by atoms with Gasteiger partial charge >= 0.3 is 0 Å². The molecule has 0 amide bonds. The molecular weight excluding hydrogens is 378 g/mol. The lowest BCUT2D eigenvalue weighted by Crippen LogP contribution is -2.34. The van der Waals surface area contributed by atoms with Gasteiger partial charge < -0.3 is 10.6 Å². The van der Waals surface area contributed by atoms with E-state index in [4.69, 9.17) is 5.73 Å². The number of nitrogens with two attached hydrogens (primary N) is 1. The zero-order valence-corrected chi connectivity index (χ0v) is 21.3. The van der Waals surface area contributed by atoms with E-state index in [1.165, 1.54) is 22.3 Å². The minimum absolute atomic E-state index is 0.294. The average molecular weight is 424 g/mol. The van der Waals surface area contributed by atoms with Crippen LogP contribution in [0.3, 0.4) is 0 Å². The Morgan fingerprint density at radius 3 is 2.35 bits per heavy atom.